The molecule has 0 aliphatic rings. The number of aromatic nitrogens is 1. The molecule has 0 aliphatic heterocycles. The summed E-state index contributed by atoms with van der Waals surface area (Å²) in [4.78, 5) is 29.7. The van der Waals surface area contributed by atoms with E-state index < -0.39 is 12.1 Å². The maximum atomic E-state index is 12.9. The normalized spacial score (nSPS) is 11.4. The molecular formula is C25H28N4O3. The predicted octanol–water partition coefficient (Wildman–Crippen LogP) is 3.32. The van der Waals surface area contributed by atoms with Gasteiger partial charge in [0.05, 0.1) is 6.61 Å². The van der Waals surface area contributed by atoms with Crippen molar-refractivity contribution in [1.82, 2.24) is 15.6 Å². The Morgan fingerprint density at radius 2 is 1.62 bits per heavy atom. The van der Waals surface area contributed by atoms with Gasteiger partial charge in [-0.05, 0) is 35.2 Å². The van der Waals surface area contributed by atoms with Crippen LogP contribution in [-0.4, -0.2) is 36.7 Å². The monoisotopic (exact) mass is 432 g/mol. The van der Waals surface area contributed by atoms with Crippen LogP contribution in [0.15, 0.2) is 79.0 Å². The number of urea groups is 1. The standard InChI is InChI=1S/C25H28N4O3/c1-32-15-13-20-12-14-26-23(17-20)29-25(31)28-22(16-19-8-4-2-5-9-19)24(30)27-18-21-10-6-3-7-11-21/h2-12,14,17,22H,13,15-16,18H2,1H3,(H,27,30)(H2,26,28,29,31). The first-order chi connectivity index (χ1) is 15.6. The van der Waals surface area contributed by atoms with Crippen molar-refractivity contribution in [2.75, 3.05) is 19.0 Å². The van der Waals surface area contributed by atoms with Gasteiger partial charge in [0.1, 0.15) is 11.9 Å². The molecule has 7 heteroatoms. The van der Waals surface area contributed by atoms with Gasteiger partial charge in [-0.25, -0.2) is 9.78 Å². The van der Waals surface area contributed by atoms with Gasteiger partial charge in [-0.15, -0.1) is 0 Å². The highest BCUT2D eigenvalue weighted by Crippen LogP contribution is 2.09. The first-order valence-electron chi connectivity index (χ1n) is 10.5. The Kier molecular flexibility index (Phi) is 8.77. The van der Waals surface area contributed by atoms with Gasteiger partial charge in [-0.2, -0.15) is 0 Å². The van der Waals surface area contributed by atoms with Crippen molar-refractivity contribution in [2.45, 2.75) is 25.4 Å². The molecule has 0 saturated carbocycles. The molecular weight excluding hydrogens is 404 g/mol. The van der Waals surface area contributed by atoms with Crippen LogP contribution in [0.1, 0.15) is 16.7 Å². The van der Waals surface area contributed by atoms with E-state index in [0.29, 0.717) is 31.8 Å². The third-order valence-corrected chi connectivity index (χ3v) is 4.87. The fourth-order valence-corrected chi connectivity index (χ4v) is 3.20. The summed E-state index contributed by atoms with van der Waals surface area (Å²) in [7, 11) is 1.64. The molecule has 32 heavy (non-hydrogen) atoms. The van der Waals surface area contributed by atoms with E-state index in [1.165, 1.54) is 0 Å². The molecule has 0 radical (unpaired) electrons. The molecule has 0 saturated heterocycles. The molecule has 3 N–H and O–H groups in total. The summed E-state index contributed by atoms with van der Waals surface area (Å²) < 4.78 is 5.09. The Bertz CT molecular complexity index is 996. The summed E-state index contributed by atoms with van der Waals surface area (Å²) >= 11 is 0. The van der Waals surface area contributed by atoms with Crippen molar-refractivity contribution in [3.63, 3.8) is 0 Å². The van der Waals surface area contributed by atoms with Crippen molar-refractivity contribution in [2.24, 2.45) is 0 Å². The van der Waals surface area contributed by atoms with E-state index >= 15 is 0 Å². The van der Waals surface area contributed by atoms with Gasteiger partial charge >= 0.3 is 6.03 Å². The number of benzene rings is 2. The van der Waals surface area contributed by atoms with Gasteiger partial charge in [0, 0.05) is 26.3 Å². The highest BCUT2D eigenvalue weighted by Gasteiger charge is 2.21. The van der Waals surface area contributed by atoms with Crippen molar-refractivity contribution >= 4 is 17.8 Å². The largest absolute Gasteiger partial charge is 0.384 e. The van der Waals surface area contributed by atoms with Crippen LogP contribution in [0, 0.1) is 0 Å². The predicted molar refractivity (Wildman–Crippen MR) is 124 cm³/mol. The number of rotatable bonds is 10. The summed E-state index contributed by atoms with van der Waals surface area (Å²) in [5, 5.41) is 8.42. The van der Waals surface area contributed by atoms with Crippen LogP contribution in [0.2, 0.25) is 0 Å². The average Bonchev–Trinajstić information content (AvgIpc) is 2.82. The fourth-order valence-electron chi connectivity index (χ4n) is 3.20. The van der Waals surface area contributed by atoms with E-state index in [1.807, 2.05) is 66.7 Å². The van der Waals surface area contributed by atoms with E-state index in [-0.39, 0.29) is 5.91 Å². The zero-order valence-electron chi connectivity index (χ0n) is 18.1. The number of hydrogen-bond donors (Lipinski definition) is 3. The van der Waals surface area contributed by atoms with Gasteiger partial charge in [0.2, 0.25) is 5.91 Å². The molecule has 3 rings (SSSR count). The minimum absolute atomic E-state index is 0.255. The number of anilines is 1. The SMILES string of the molecule is COCCc1ccnc(NC(=O)NC(Cc2ccccc2)C(=O)NCc2ccccc2)c1. The molecule has 0 fully saturated rings. The third-order valence-electron chi connectivity index (χ3n) is 4.87. The van der Waals surface area contributed by atoms with Crippen LogP contribution < -0.4 is 16.0 Å². The van der Waals surface area contributed by atoms with Crippen molar-refractivity contribution < 1.29 is 14.3 Å². The van der Waals surface area contributed by atoms with Gasteiger partial charge in [-0.1, -0.05) is 60.7 Å². The van der Waals surface area contributed by atoms with Crippen LogP contribution in [0.4, 0.5) is 10.6 Å². The Balaban J connectivity index is 1.64. The minimum atomic E-state index is -0.738. The topological polar surface area (TPSA) is 92.3 Å². The number of methoxy groups -OCH3 is 1. The summed E-state index contributed by atoms with van der Waals surface area (Å²) in [5.74, 6) is 0.161. The van der Waals surface area contributed by atoms with E-state index in [9.17, 15) is 9.59 Å². The van der Waals surface area contributed by atoms with Gasteiger partial charge in [0.25, 0.3) is 0 Å². The molecule has 1 aromatic heterocycles. The Hall–Kier alpha value is -3.71. The lowest BCUT2D eigenvalue weighted by Crippen LogP contribution is -2.49. The van der Waals surface area contributed by atoms with Crippen molar-refractivity contribution in [3.8, 4) is 0 Å². The molecule has 166 valence electrons. The first-order valence-corrected chi connectivity index (χ1v) is 10.5. The Morgan fingerprint density at radius 1 is 0.938 bits per heavy atom. The molecule has 0 spiro atoms. The maximum absolute atomic E-state index is 12.9. The summed E-state index contributed by atoms with van der Waals surface area (Å²) in [6.45, 7) is 0.966. The minimum Gasteiger partial charge on any atom is -0.384 e. The number of carbonyl (C=O) groups is 2. The van der Waals surface area contributed by atoms with Crippen LogP contribution in [0.5, 0.6) is 0 Å². The first kappa shape index (κ1) is 23.0. The third kappa shape index (κ3) is 7.52. The molecule has 0 aliphatic carbocycles. The molecule has 1 unspecified atom stereocenters. The molecule has 7 nitrogen and oxygen atoms in total. The van der Waals surface area contributed by atoms with E-state index in [0.717, 1.165) is 16.7 Å². The molecule has 3 aromatic rings. The lowest BCUT2D eigenvalue weighted by molar-refractivity contribution is -0.123. The Labute approximate surface area is 188 Å². The molecule has 1 heterocycles. The summed E-state index contributed by atoms with van der Waals surface area (Å²) in [6.07, 6.45) is 2.72. The zero-order chi connectivity index (χ0) is 22.6. The number of pyridine rings is 1. The van der Waals surface area contributed by atoms with Gasteiger partial charge in [-0.3, -0.25) is 10.1 Å². The second-order valence-electron chi connectivity index (χ2n) is 7.34. The molecule has 3 amide bonds. The number of amides is 3. The molecule has 2 aromatic carbocycles. The lowest BCUT2D eigenvalue weighted by atomic mass is 10.1. The number of nitrogens with one attached hydrogen (secondary N) is 3. The average molecular weight is 433 g/mol. The van der Waals surface area contributed by atoms with E-state index in [4.69, 9.17) is 4.74 Å². The number of carbonyl (C=O) groups excluding carboxylic acids is 2. The van der Waals surface area contributed by atoms with Gasteiger partial charge < -0.3 is 15.4 Å². The van der Waals surface area contributed by atoms with Crippen LogP contribution in [0.3, 0.4) is 0 Å². The van der Waals surface area contributed by atoms with E-state index in [1.54, 1.807) is 19.4 Å². The van der Waals surface area contributed by atoms with Crippen LogP contribution >= 0.6 is 0 Å². The second-order valence-corrected chi connectivity index (χ2v) is 7.34. The highest BCUT2D eigenvalue weighted by atomic mass is 16.5. The quantitative estimate of drug-likeness (QED) is 0.458. The van der Waals surface area contributed by atoms with Crippen molar-refractivity contribution in [3.05, 3.63) is 95.7 Å². The number of nitrogens with zero attached hydrogens (tertiary/aromatic N) is 1. The van der Waals surface area contributed by atoms with Crippen LogP contribution in [0.25, 0.3) is 0 Å². The fraction of sp³-hybridized carbons (Fsp3) is 0.240. The lowest BCUT2D eigenvalue weighted by Gasteiger charge is -2.19. The van der Waals surface area contributed by atoms with Crippen LogP contribution in [-0.2, 0) is 28.9 Å². The van der Waals surface area contributed by atoms with Gasteiger partial charge in [0.15, 0.2) is 0 Å². The molecule has 1 atom stereocenters. The smallest absolute Gasteiger partial charge is 0.321 e. The number of hydrogen-bond acceptors (Lipinski definition) is 4. The molecule has 0 bridgehead atoms. The Morgan fingerprint density at radius 3 is 2.31 bits per heavy atom. The maximum Gasteiger partial charge on any atom is 0.321 e. The second kappa shape index (κ2) is 12.2. The van der Waals surface area contributed by atoms with E-state index in [2.05, 4.69) is 20.9 Å². The summed E-state index contributed by atoms with van der Waals surface area (Å²) in [5.41, 5.74) is 2.94. The zero-order valence-corrected chi connectivity index (χ0v) is 18.1. The summed E-state index contributed by atoms with van der Waals surface area (Å²) in [6, 6.07) is 21.7. The number of ether oxygens (including phenoxy) is 1. The highest BCUT2D eigenvalue weighted by molar-refractivity contribution is 5.93. The van der Waals surface area contributed by atoms with Crippen molar-refractivity contribution in [1.29, 1.82) is 0 Å².